The lowest BCUT2D eigenvalue weighted by atomic mass is 10.0. The molecule has 1 aliphatic heterocycles. The Morgan fingerprint density at radius 3 is 2.46 bits per heavy atom. The predicted octanol–water partition coefficient (Wildman–Crippen LogP) is 1.31. The summed E-state index contributed by atoms with van der Waals surface area (Å²) >= 11 is 0. The maximum Gasteiger partial charge on any atom is 0.337 e. The first-order chi connectivity index (χ1) is 18.6. The van der Waals surface area contributed by atoms with Crippen LogP contribution in [0.4, 0.5) is 0 Å². The van der Waals surface area contributed by atoms with Gasteiger partial charge in [0.05, 0.1) is 18.8 Å². The van der Waals surface area contributed by atoms with Crippen LogP contribution in [0.2, 0.25) is 0 Å². The largest absolute Gasteiger partial charge is 0.387 e. The molecule has 0 amide bonds. The van der Waals surface area contributed by atoms with Crippen LogP contribution >= 0.6 is 17.2 Å². The quantitative estimate of drug-likeness (QED) is 0.181. The Bertz CT molecular complexity index is 1370. The summed E-state index contributed by atoms with van der Waals surface area (Å²) in [5.41, 5.74) is 1.96. The molecule has 210 valence electrons. The molecule has 3 heterocycles. The maximum absolute atomic E-state index is 13.2. The highest BCUT2D eigenvalue weighted by Gasteiger charge is 2.44. The van der Waals surface area contributed by atoms with E-state index in [4.69, 9.17) is 19.0 Å². The van der Waals surface area contributed by atoms with Gasteiger partial charge in [-0.05, 0) is 30.2 Å². The van der Waals surface area contributed by atoms with Crippen molar-refractivity contribution in [3.63, 3.8) is 0 Å². The summed E-state index contributed by atoms with van der Waals surface area (Å²) < 4.78 is 16.7. The molecule has 4 rings (SSSR count). The number of aliphatic hydroxyl groups excluding tert-OH is 2. The van der Waals surface area contributed by atoms with Crippen molar-refractivity contribution in [2.24, 2.45) is 0 Å². The van der Waals surface area contributed by atoms with Crippen LogP contribution in [0.5, 0.6) is 0 Å². The molecule has 0 aliphatic carbocycles. The SMILES string of the molecule is C=C.Cc1cccc(-c2ccnc(Cn3c(=O)ccn(C4OC(COP(O)OP(O)O)C(O)C4O)c3=O)c2)c1. The Morgan fingerprint density at radius 1 is 1.05 bits per heavy atom. The number of aryl methyl sites for hydroxylation is 1. The van der Waals surface area contributed by atoms with Crippen molar-refractivity contribution in [2.45, 2.75) is 38.0 Å². The molecule has 0 saturated carbocycles. The number of benzene rings is 1. The molecule has 0 spiro atoms. The molecule has 5 N–H and O–H groups in total. The molecule has 13 nitrogen and oxygen atoms in total. The molecule has 1 aromatic carbocycles. The minimum Gasteiger partial charge on any atom is -0.387 e. The molecular weight excluding hydrogens is 552 g/mol. The van der Waals surface area contributed by atoms with E-state index in [1.165, 1.54) is 0 Å². The van der Waals surface area contributed by atoms with E-state index in [-0.39, 0.29) is 6.54 Å². The number of nitrogens with zero attached hydrogens (tertiary/aromatic N) is 3. The fourth-order valence-corrected chi connectivity index (χ4v) is 4.88. The molecule has 39 heavy (non-hydrogen) atoms. The molecule has 1 fully saturated rings. The third-order valence-electron chi connectivity index (χ3n) is 5.69. The van der Waals surface area contributed by atoms with Gasteiger partial charge in [-0.15, -0.1) is 13.2 Å². The Morgan fingerprint density at radius 2 is 1.77 bits per heavy atom. The van der Waals surface area contributed by atoms with Gasteiger partial charge in [-0.1, -0.05) is 29.8 Å². The number of aromatic nitrogens is 3. The van der Waals surface area contributed by atoms with Gasteiger partial charge in [-0.25, -0.2) is 9.11 Å². The van der Waals surface area contributed by atoms with E-state index in [0.29, 0.717) is 5.69 Å². The number of hydrogen-bond acceptors (Lipinski definition) is 11. The van der Waals surface area contributed by atoms with Gasteiger partial charge in [0, 0.05) is 18.5 Å². The first kappa shape index (κ1) is 30.9. The second-order valence-electron chi connectivity index (χ2n) is 8.25. The Kier molecular flexibility index (Phi) is 11.2. The monoisotopic (exact) mass is 581 g/mol. The summed E-state index contributed by atoms with van der Waals surface area (Å²) in [5, 5.41) is 20.8. The Balaban J connectivity index is 0.00000205. The van der Waals surface area contributed by atoms with Crippen LogP contribution in [-0.2, 0) is 20.1 Å². The summed E-state index contributed by atoms with van der Waals surface area (Å²) in [6.45, 7) is 7.35. The first-order valence-electron chi connectivity index (χ1n) is 11.5. The van der Waals surface area contributed by atoms with E-state index < -0.39 is 59.6 Å². The summed E-state index contributed by atoms with van der Waals surface area (Å²) in [4.78, 5) is 57.0. The van der Waals surface area contributed by atoms with Crippen LogP contribution in [0.1, 0.15) is 17.5 Å². The molecule has 5 atom stereocenters. The van der Waals surface area contributed by atoms with Crippen molar-refractivity contribution in [2.75, 3.05) is 6.61 Å². The van der Waals surface area contributed by atoms with Crippen molar-refractivity contribution >= 4 is 17.2 Å². The second kappa shape index (κ2) is 14.1. The Labute approximate surface area is 225 Å². The molecule has 2 aromatic heterocycles. The lowest BCUT2D eigenvalue weighted by Crippen LogP contribution is -2.43. The fourth-order valence-electron chi connectivity index (χ4n) is 3.92. The van der Waals surface area contributed by atoms with Crippen molar-refractivity contribution in [3.8, 4) is 11.1 Å². The van der Waals surface area contributed by atoms with Crippen LogP contribution in [0.25, 0.3) is 11.1 Å². The molecule has 0 bridgehead atoms. The lowest BCUT2D eigenvalue weighted by Gasteiger charge is -2.19. The zero-order chi connectivity index (χ0) is 28.7. The van der Waals surface area contributed by atoms with Crippen molar-refractivity contribution in [1.29, 1.82) is 0 Å². The molecule has 1 aliphatic rings. The number of hydrogen-bond donors (Lipinski definition) is 5. The van der Waals surface area contributed by atoms with E-state index in [1.54, 1.807) is 12.3 Å². The van der Waals surface area contributed by atoms with E-state index in [0.717, 1.165) is 38.1 Å². The number of rotatable bonds is 9. The third kappa shape index (κ3) is 7.71. The van der Waals surface area contributed by atoms with Crippen molar-refractivity contribution < 1.29 is 38.5 Å². The smallest absolute Gasteiger partial charge is 0.337 e. The average Bonchev–Trinajstić information content (AvgIpc) is 3.19. The van der Waals surface area contributed by atoms with Crippen molar-refractivity contribution in [3.05, 3.63) is 100 Å². The van der Waals surface area contributed by atoms with Gasteiger partial charge in [0.15, 0.2) is 6.23 Å². The lowest BCUT2D eigenvalue weighted by molar-refractivity contribution is -0.0530. The standard InChI is InChI=1S/C22H25N3O10P2.C2H4/c1-13-3-2-4-14(9-13)15-5-7-23-16(10-15)11-25-18(26)6-8-24(22(25)29)21-20(28)19(27)17(34-21)12-33-37(32)35-36(30)31;1-2/h2-10,17,19-21,27-28,30-32H,11-12H2,1H3;1-2H2. The van der Waals surface area contributed by atoms with Gasteiger partial charge >= 0.3 is 22.9 Å². The van der Waals surface area contributed by atoms with Crippen LogP contribution in [0, 0.1) is 6.92 Å². The van der Waals surface area contributed by atoms with Gasteiger partial charge in [-0.3, -0.25) is 18.9 Å². The van der Waals surface area contributed by atoms with Gasteiger partial charge < -0.3 is 34.2 Å². The average molecular weight is 581 g/mol. The van der Waals surface area contributed by atoms with Gasteiger partial charge in [0.25, 0.3) is 5.56 Å². The minimum absolute atomic E-state index is 0.145. The summed E-state index contributed by atoms with van der Waals surface area (Å²) in [5.74, 6) is 0. The van der Waals surface area contributed by atoms with E-state index in [9.17, 15) is 24.7 Å². The molecule has 3 aromatic rings. The topological polar surface area (TPSA) is 186 Å². The van der Waals surface area contributed by atoms with Crippen LogP contribution < -0.4 is 11.2 Å². The predicted molar refractivity (Wildman–Crippen MR) is 143 cm³/mol. The Hall–Kier alpha value is -2.67. The first-order valence-corrected chi connectivity index (χ1v) is 13.8. The summed E-state index contributed by atoms with van der Waals surface area (Å²) in [6, 6.07) is 12.6. The van der Waals surface area contributed by atoms with E-state index in [1.807, 2.05) is 37.3 Å². The van der Waals surface area contributed by atoms with Gasteiger partial charge in [0.2, 0.25) is 0 Å². The highest BCUT2D eigenvalue weighted by molar-refractivity contribution is 7.54. The van der Waals surface area contributed by atoms with E-state index in [2.05, 4.69) is 22.5 Å². The van der Waals surface area contributed by atoms with Crippen LogP contribution in [-0.4, -0.2) is 63.9 Å². The minimum atomic E-state index is -2.86. The molecular formula is C24H29N3O10P2. The summed E-state index contributed by atoms with van der Waals surface area (Å²) in [6.07, 6.45) is -2.91. The van der Waals surface area contributed by atoms with Gasteiger partial charge in [-0.2, -0.15) is 0 Å². The van der Waals surface area contributed by atoms with E-state index >= 15 is 0 Å². The molecule has 1 saturated heterocycles. The van der Waals surface area contributed by atoms with Crippen LogP contribution in [0.3, 0.4) is 0 Å². The zero-order valence-corrected chi connectivity index (χ0v) is 22.6. The zero-order valence-electron chi connectivity index (χ0n) is 20.8. The maximum atomic E-state index is 13.2. The number of aliphatic hydroxyl groups is 2. The third-order valence-corrected chi connectivity index (χ3v) is 7.20. The number of ether oxygens (including phenoxy) is 1. The number of pyridine rings is 1. The molecule has 0 radical (unpaired) electrons. The van der Waals surface area contributed by atoms with Gasteiger partial charge in [0.1, 0.15) is 18.3 Å². The summed E-state index contributed by atoms with van der Waals surface area (Å²) in [7, 11) is -5.53. The van der Waals surface area contributed by atoms with Crippen LogP contribution in [0.15, 0.2) is 77.6 Å². The second-order valence-corrected chi connectivity index (χ2v) is 10.1. The highest BCUT2D eigenvalue weighted by atomic mass is 31.2. The molecule has 15 heteroatoms. The fraction of sp³-hybridized carbons (Fsp3) is 0.292. The van der Waals surface area contributed by atoms with Crippen molar-refractivity contribution in [1.82, 2.24) is 14.1 Å². The highest BCUT2D eigenvalue weighted by Crippen LogP contribution is 2.46. The normalized spacial score (nSPS) is 21.4. The molecule has 5 unspecified atom stereocenters.